The van der Waals surface area contributed by atoms with Gasteiger partial charge in [-0.15, -0.1) is 24.0 Å². The average molecular weight is 482 g/mol. The number of hydrogen-bond donors (Lipinski definition) is 1. The van der Waals surface area contributed by atoms with Gasteiger partial charge < -0.3 is 24.6 Å². The molecule has 0 aliphatic carbocycles. The molecule has 0 aromatic carbocycles. The van der Waals surface area contributed by atoms with Crippen molar-refractivity contribution in [1.29, 1.82) is 0 Å². The smallest absolute Gasteiger partial charge is 0.193 e. The lowest BCUT2D eigenvalue weighted by molar-refractivity contribution is 0.0536. The molecule has 2 aliphatic heterocycles. The van der Waals surface area contributed by atoms with Gasteiger partial charge in [0.2, 0.25) is 0 Å². The number of methoxy groups -OCH3 is 1. The Bertz CT molecular complexity index is 390. The van der Waals surface area contributed by atoms with Crippen LogP contribution >= 0.6 is 24.0 Å². The van der Waals surface area contributed by atoms with Crippen LogP contribution in [0.5, 0.6) is 0 Å². The van der Waals surface area contributed by atoms with Crippen molar-refractivity contribution in [1.82, 2.24) is 15.1 Å². The molecule has 7 heteroatoms. The second-order valence-electron chi connectivity index (χ2n) is 7.31. The third-order valence-corrected chi connectivity index (χ3v) is 5.57. The normalized spacial score (nSPS) is 22.5. The topological polar surface area (TPSA) is 49.3 Å². The number of hydrogen-bond acceptors (Lipinski definition) is 4. The summed E-state index contributed by atoms with van der Waals surface area (Å²) in [5.74, 6) is 2.54. The molecular weight excluding hydrogens is 443 g/mol. The molecule has 1 N–H and O–H groups in total. The molecule has 0 saturated carbocycles. The number of rotatable bonds is 9. The van der Waals surface area contributed by atoms with Gasteiger partial charge in [-0.25, -0.2) is 0 Å². The molecule has 2 fully saturated rings. The standard InChI is InChI=1S/C19H38N4O2.HI/c1-4-22-10-6-17(7-11-22)5-9-21-19(20-2)23-12-8-18(15-23)16-25-14-13-24-3;/h17-18H,4-16H2,1-3H3,(H,20,21);1H. The summed E-state index contributed by atoms with van der Waals surface area (Å²) in [5.41, 5.74) is 0. The summed E-state index contributed by atoms with van der Waals surface area (Å²) in [6.45, 7) is 11.4. The van der Waals surface area contributed by atoms with Gasteiger partial charge in [0.05, 0.1) is 19.8 Å². The zero-order valence-corrected chi connectivity index (χ0v) is 19.2. The van der Waals surface area contributed by atoms with Crippen LogP contribution in [0.3, 0.4) is 0 Å². The van der Waals surface area contributed by atoms with Crippen LogP contribution in [0.15, 0.2) is 4.99 Å². The van der Waals surface area contributed by atoms with Crippen LogP contribution < -0.4 is 5.32 Å². The van der Waals surface area contributed by atoms with Gasteiger partial charge in [-0.1, -0.05) is 6.92 Å². The lowest BCUT2D eigenvalue weighted by Crippen LogP contribution is -2.41. The van der Waals surface area contributed by atoms with Gasteiger partial charge in [-0.3, -0.25) is 4.99 Å². The minimum absolute atomic E-state index is 0. The zero-order valence-electron chi connectivity index (χ0n) is 16.9. The van der Waals surface area contributed by atoms with Gasteiger partial charge in [-0.2, -0.15) is 0 Å². The number of piperidine rings is 1. The van der Waals surface area contributed by atoms with E-state index < -0.39 is 0 Å². The van der Waals surface area contributed by atoms with Crippen LogP contribution in [0, 0.1) is 11.8 Å². The second kappa shape index (κ2) is 14.0. The predicted octanol–water partition coefficient (Wildman–Crippen LogP) is 2.29. The number of guanidine groups is 1. The molecule has 0 aromatic rings. The number of likely N-dealkylation sites (tertiary alicyclic amines) is 2. The Labute approximate surface area is 177 Å². The van der Waals surface area contributed by atoms with Gasteiger partial charge in [0.1, 0.15) is 0 Å². The molecular formula is C19H39IN4O2. The van der Waals surface area contributed by atoms with E-state index in [0.717, 1.165) is 38.1 Å². The van der Waals surface area contributed by atoms with Crippen molar-refractivity contribution in [3.63, 3.8) is 0 Å². The highest BCUT2D eigenvalue weighted by atomic mass is 127. The van der Waals surface area contributed by atoms with E-state index in [-0.39, 0.29) is 24.0 Å². The molecule has 1 unspecified atom stereocenters. The van der Waals surface area contributed by atoms with Gasteiger partial charge in [0, 0.05) is 39.7 Å². The Balaban J connectivity index is 0.00000338. The Morgan fingerprint density at radius 2 is 1.85 bits per heavy atom. The molecule has 0 bridgehead atoms. The molecule has 0 spiro atoms. The molecule has 1 atom stereocenters. The van der Waals surface area contributed by atoms with Crippen LogP contribution in [0.1, 0.15) is 32.6 Å². The molecule has 154 valence electrons. The third kappa shape index (κ3) is 8.27. The molecule has 0 radical (unpaired) electrons. The van der Waals surface area contributed by atoms with Crippen molar-refractivity contribution in [2.24, 2.45) is 16.8 Å². The molecule has 2 heterocycles. The Morgan fingerprint density at radius 1 is 1.12 bits per heavy atom. The Hall–Kier alpha value is -0.120. The monoisotopic (exact) mass is 482 g/mol. The summed E-state index contributed by atoms with van der Waals surface area (Å²) in [6.07, 6.45) is 5.13. The Morgan fingerprint density at radius 3 is 2.50 bits per heavy atom. The molecule has 0 aromatic heterocycles. The van der Waals surface area contributed by atoms with Crippen molar-refractivity contribution in [3.8, 4) is 0 Å². The van der Waals surface area contributed by atoms with E-state index in [0.29, 0.717) is 19.1 Å². The van der Waals surface area contributed by atoms with E-state index in [4.69, 9.17) is 9.47 Å². The van der Waals surface area contributed by atoms with Crippen LogP contribution in [0.2, 0.25) is 0 Å². The maximum atomic E-state index is 5.68. The van der Waals surface area contributed by atoms with Crippen molar-refractivity contribution >= 4 is 29.9 Å². The fourth-order valence-corrected chi connectivity index (χ4v) is 3.87. The average Bonchev–Trinajstić information content (AvgIpc) is 3.11. The van der Waals surface area contributed by atoms with E-state index in [9.17, 15) is 0 Å². The second-order valence-corrected chi connectivity index (χ2v) is 7.31. The first-order valence-electron chi connectivity index (χ1n) is 10.0. The third-order valence-electron chi connectivity index (χ3n) is 5.57. The lowest BCUT2D eigenvalue weighted by Gasteiger charge is -2.31. The van der Waals surface area contributed by atoms with Crippen LogP contribution in [0.25, 0.3) is 0 Å². The van der Waals surface area contributed by atoms with Gasteiger partial charge in [-0.05, 0) is 51.2 Å². The SMILES string of the molecule is CCN1CCC(CCNC(=NC)N2CCC(COCCOC)C2)CC1.I. The highest BCUT2D eigenvalue weighted by Gasteiger charge is 2.25. The fourth-order valence-electron chi connectivity index (χ4n) is 3.87. The van der Waals surface area contributed by atoms with Gasteiger partial charge >= 0.3 is 0 Å². The Kier molecular flexibility index (Phi) is 12.8. The quantitative estimate of drug-likeness (QED) is 0.237. The molecule has 2 aliphatic rings. The highest BCUT2D eigenvalue weighted by Crippen LogP contribution is 2.20. The minimum Gasteiger partial charge on any atom is -0.382 e. The van der Waals surface area contributed by atoms with E-state index in [1.165, 1.54) is 45.3 Å². The molecule has 0 amide bonds. The number of ether oxygens (including phenoxy) is 2. The van der Waals surface area contributed by atoms with Crippen molar-refractivity contribution in [3.05, 3.63) is 0 Å². The van der Waals surface area contributed by atoms with E-state index in [1.807, 2.05) is 7.05 Å². The van der Waals surface area contributed by atoms with Crippen LogP contribution in [0.4, 0.5) is 0 Å². The molecule has 26 heavy (non-hydrogen) atoms. The van der Waals surface area contributed by atoms with Gasteiger partial charge in [0.15, 0.2) is 5.96 Å². The first-order valence-corrected chi connectivity index (χ1v) is 10.0. The maximum Gasteiger partial charge on any atom is 0.193 e. The zero-order chi connectivity index (χ0) is 17.9. The van der Waals surface area contributed by atoms with Gasteiger partial charge in [0.25, 0.3) is 0 Å². The largest absolute Gasteiger partial charge is 0.382 e. The predicted molar refractivity (Wildman–Crippen MR) is 119 cm³/mol. The summed E-state index contributed by atoms with van der Waals surface area (Å²) in [5, 5.41) is 3.58. The van der Waals surface area contributed by atoms with Crippen molar-refractivity contribution in [2.75, 3.05) is 73.2 Å². The summed E-state index contributed by atoms with van der Waals surface area (Å²) < 4.78 is 10.7. The van der Waals surface area contributed by atoms with Crippen molar-refractivity contribution in [2.45, 2.75) is 32.6 Å². The lowest BCUT2D eigenvalue weighted by atomic mass is 9.93. The first kappa shape index (κ1) is 23.9. The summed E-state index contributed by atoms with van der Waals surface area (Å²) in [4.78, 5) is 9.42. The molecule has 2 rings (SSSR count). The summed E-state index contributed by atoms with van der Waals surface area (Å²) in [6, 6.07) is 0. The summed E-state index contributed by atoms with van der Waals surface area (Å²) in [7, 11) is 3.61. The number of nitrogens with zero attached hydrogens (tertiary/aromatic N) is 3. The minimum atomic E-state index is 0. The summed E-state index contributed by atoms with van der Waals surface area (Å²) >= 11 is 0. The first-order chi connectivity index (χ1) is 12.3. The number of halogens is 1. The highest BCUT2D eigenvalue weighted by molar-refractivity contribution is 14.0. The van der Waals surface area contributed by atoms with Crippen LogP contribution in [-0.4, -0.2) is 89.0 Å². The van der Waals surface area contributed by atoms with Crippen molar-refractivity contribution < 1.29 is 9.47 Å². The maximum absolute atomic E-state index is 5.68. The molecule has 6 nitrogen and oxygen atoms in total. The fraction of sp³-hybridized carbons (Fsp3) is 0.947. The van der Waals surface area contributed by atoms with E-state index >= 15 is 0 Å². The number of aliphatic imine (C=N–C) groups is 1. The molecule has 2 saturated heterocycles. The van der Waals surface area contributed by atoms with Crippen LogP contribution in [-0.2, 0) is 9.47 Å². The van der Waals surface area contributed by atoms with E-state index in [1.54, 1.807) is 7.11 Å². The number of nitrogens with one attached hydrogen (secondary N) is 1. The van der Waals surface area contributed by atoms with E-state index in [2.05, 4.69) is 27.0 Å².